The summed E-state index contributed by atoms with van der Waals surface area (Å²) in [6.07, 6.45) is 0.664. The van der Waals surface area contributed by atoms with Crippen molar-refractivity contribution in [3.8, 4) is 17.0 Å². The summed E-state index contributed by atoms with van der Waals surface area (Å²) in [5, 5.41) is 9.71. The van der Waals surface area contributed by atoms with Crippen molar-refractivity contribution in [3.63, 3.8) is 0 Å². The number of halogens is 2. The van der Waals surface area contributed by atoms with Gasteiger partial charge in [0.05, 0.1) is 31.4 Å². The standard InChI is InChI=1S/C28H27F2N5O6S/c29-20-7-5-19(21-15-42-28(33-21)35-9-11-40-12-10-35)26(25(20)30)41-14-24(38)31-13-23(37)32-17-3-1-16(2-4-17)18-6-8-22(36)34-27(18)39/h1-5,7,15,18H,6,8-14H2,(H,31,38)(H,32,37)(H,34,36,39). The molecule has 0 saturated carbocycles. The molecule has 1 aromatic heterocycles. The largest absolute Gasteiger partial charge is 0.480 e. The van der Waals surface area contributed by atoms with Crippen molar-refractivity contribution >= 4 is 45.8 Å². The second kappa shape index (κ2) is 13.0. The second-order valence-corrected chi connectivity index (χ2v) is 10.4. The Morgan fingerprint density at radius 3 is 2.60 bits per heavy atom. The summed E-state index contributed by atoms with van der Waals surface area (Å²) in [5.74, 6) is -5.20. The van der Waals surface area contributed by atoms with Crippen LogP contribution in [-0.2, 0) is 23.9 Å². The number of hydrogen-bond acceptors (Lipinski definition) is 9. The number of hydrogen-bond donors (Lipinski definition) is 3. The lowest BCUT2D eigenvalue weighted by atomic mass is 9.90. The first-order valence-electron chi connectivity index (χ1n) is 13.2. The Morgan fingerprint density at radius 2 is 1.86 bits per heavy atom. The number of aromatic nitrogens is 1. The zero-order chi connectivity index (χ0) is 29.6. The van der Waals surface area contributed by atoms with Crippen molar-refractivity contribution in [2.24, 2.45) is 0 Å². The molecule has 3 aromatic rings. The lowest BCUT2D eigenvalue weighted by Crippen LogP contribution is -2.39. The monoisotopic (exact) mass is 599 g/mol. The Kier molecular flexibility index (Phi) is 9.03. The van der Waals surface area contributed by atoms with E-state index in [9.17, 15) is 28.0 Å². The van der Waals surface area contributed by atoms with Gasteiger partial charge in [0.1, 0.15) is 0 Å². The van der Waals surface area contributed by atoms with E-state index in [1.807, 2.05) is 4.90 Å². The molecule has 0 spiro atoms. The molecule has 14 heteroatoms. The van der Waals surface area contributed by atoms with Gasteiger partial charge in [0, 0.05) is 36.1 Å². The van der Waals surface area contributed by atoms with Gasteiger partial charge in [-0.2, -0.15) is 4.39 Å². The molecule has 2 fully saturated rings. The normalized spacial score (nSPS) is 17.0. The van der Waals surface area contributed by atoms with Crippen LogP contribution in [0.3, 0.4) is 0 Å². The van der Waals surface area contributed by atoms with E-state index in [1.165, 1.54) is 17.4 Å². The number of carbonyl (C=O) groups is 4. The zero-order valence-electron chi connectivity index (χ0n) is 22.3. The van der Waals surface area contributed by atoms with E-state index in [-0.39, 0.29) is 23.8 Å². The fourth-order valence-electron chi connectivity index (χ4n) is 4.55. The molecular weight excluding hydrogens is 572 g/mol. The van der Waals surface area contributed by atoms with E-state index in [4.69, 9.17) is 9.47 Å². The number of carbonyl (C=O) groups excluding carboxylic acids is 4. The van der Waals surface area contributed by atoms with E-state index < -0.39 is 48.3 Å². The number of nitrogens with zero attached hydrogens (tertiary/aromatic N) is 2. The van der Waals surface area contributed by atoms with Crippen LogP contribution in [0.2, 0.25) is 0 Å². The summed E-state index contributed by atoms with van der Waals surface area (Å²) >= 11 is 1.35. The Morgan fingerprint density at radius 1 is 1.10 bits per heavy atom. The van der Waals surface area contributed by atoms with Crippen molar-refractivity contribution < 1.29 is 37.4 Å². The molecule has 3 N–H and O–H groups in total. The summed E-state index contributed by atoms with van der Waals surface area (Å²) in [6, 6.07) is 8.88. The predicted octanol–water partition coefficient (Wildman–Crippen LogP) is 2.58. The van der Waals surface area contributed by atoms with Gasteiger partial charge < -0.3 is 25.0 Å². The van der Waals surface area contributed by atoms with Crippen LogP contribution in [-0.4, -0.2) is 68.1 Å². The van der Waals surface area contributed by atoms with E-state index in [1.54, 1.807) is 29.6 Å². The number of amides is 4. The third kappa shape index (κ3) is 6.89. The van der Waals surface area contributed by atoms with Crippen LogP contribution in [0, 0.1) is 11.6 Å². The second-order valence-electron chi connectivity index (χ2n) is 9.59. The van der Waals surface area contributed by atoms with E-state index in [0.717, 1.165) is 6.07 Å². The predicted molar refractivity (Wildman–Crippen MR) is 149 cm³/mol. The smallest absolute Gasteiger partial charge is 0.258 e. The highest BCUT2D eigenvalue weighted by Gasteiger charge is 2.28. The Labute approximate surface area is 243 Å². The first-order valence-corrected chi connectivity index (χ1v) is 14.1. The summed E-state index contributed by atoms with van der Waals surface area (Å²) in [4.78, 5) is 54.7. The molecule has 1 atom stereocenters. The molecule has 0 bridgehead atoms. The molecule has 0 radical (unpaired) electrons. The van der Waals surface area contributed by atoms with Crippen LogP contribution < -0.4 is 25.6 Å². The van der Waals surface area contributed by atoms with Crippen LogP contribution in [0.5, 0.6) is 5.75 Å². The average molecular weight is 600 g/mol. The number of anilines is 2. The first-order chi connectivity index (χ1) is 20.3. The number of ether oxygens (including phenoxy) is 2. The molecule has 0 aliphatic carbocycles. The molecule has 2 saturated heterocycles. The first kappa shape index (κ1) is 29.1. The number of thiazole rings is 1. The van der Waals surface area contributed by atoms with Crippen LogP contribution >= 0.6 is 11.3 Å². The topological polar surface area (TPSA) is 139 Å². The van der Waals surface area contributed by atoms with Gasteiger partial charge in [-0.3, -0.25) is 24.5 Å². The maximum absolute atomic E-state index is 14.7. The number of benzene rings is 2. The molecule has 42 heavy (non-hydrogen) atoms. The number of nitrogens with one attached hydrogen (secondary N) is 3. The minimum atomic E-state index is -1.25. The average Bonchev–Trinajstić information content (AvgIpc) is 3.48. The zero-order valence-corrected chi connectivity index (χ0v) is 23.1. The quantitative estimate of drug-likeness (QED) is 0.319. The SMILES string of the molecule is O=C(COc1c(-c2csc(N3CCOCC3)n2)ccc(F)c1F)NCC(=O)Nc1ccc(C2CCC(=O)NC2=O)cc1. The highest BCUT2D eigenvalue weighted by molar-refractivity contribution is 7.14. The molecule has 3 heterocycles. The Balaban J connectivity index is 1.14. The molecule has 11 nitrogen and oxygen atoms in total. The van der Waals surface area contributed by atoms with Gasteiger partial charge in [0.25, 0.3) is 5.91 Å². The third-order valence-electron chi connectivity index (χ3n) is 6.73. The summed E-state index contributed by atoms with van der Waals surface area (Å²) in [7, 11) is 0. The molecule has 220 valence electrons. The van der Waals surface area contributed by atoms with Crippen molar-refractivity contribution in [2.75, 3.05) is 49.7 Å². The van der Waals surface area contributed by atoms with Crippen molar-refractivity contribution in [1.29, 1.82) is 0 Å². The van der Waals surface area contributed by atoms with Crippen LogP contribution in [0.1, 0.15) is 24.3 Å². The maximum Gasteiger partial charge on any atom is 0.258 e. The van der Waals surface area contributed by atoms with E-state index >= 15 is 0 Å². The minimum Gasteiger partial charge on any atom is -0.480 e. The van der Waals surface area contributed by atoms with Crippen LogP contribution in [0.25, 0.3) is 11.3 Å². The summed E-state index contributed by atoms with van der Waals surface area (Å²) in [6.45, 7) is 1.40. The van der Waals surface area contributed by atoms with Crippen LogP contribution in [0.4, 0.5) is 19.6 Å². The fourth-order valence-corrected chi connectivity index (χ4v) is 5.43. The van der Waals surface area contributed by atoms with Crippen molar-refractivity contribution in [1.82, 2.24) is 15.6 Å². The fraction of sp³-hybridized carbons (Fsp3) is 0.321. The summed E-state index contributed by atoms with van der Waals surface area (Å²) < 4.78 is 39.5. The molecule has 4 amide bonds. The van der Waals surface area contributed by atoms with Crippen LogP contribution in [0.15, 0.2) is 41.8 Å². The molecular formula is C28H27F2N5O6S. The highest BCUT2D eigenvalue weighted by atomic mass is 32.1. The van der Waals surface area contributed by atoms with Gasteiger partial charge in [-0.05, 0) is 36.2 Å². The van der Waals surface area contributed by atoms with Gasteiger partial charge >= 0.3 is 0 Å². The van der Waals surface area contributed by atoms with Gasteiger partial charge in [0.15, 0.2) is 23.3 Å². The lowest BCUT2D eigenvalue weighted by Gasteiger charge is -2.26. The number of morpholine rings is 1. The van der Waals surface area contributed by atoms with Gasteiger partial charge in [-0.25, -0.2) is 9.37 Å². The van der Waals surface area contributed by atoms with Gasteiger partial charge in [-0.1, -0.05) is 12.1 Å². The number of imide groups is 1. The maximum atomic E-state index is 14.7. The Bertz CT molecular complexity index is 1490. The molecule has 2 aliphatic rings. The van der Waals surface area contributed by atoms with Gasteiger partial charge in [0.2, 0.25) is 23.5 Å². The highest BCUT2D eigenvalue weighted by Crippen LogP contribution is 2.36. The third-order valence-corrected chi connectivity index (χ3v) is 7.63. The van der Waals surface area contributed by atoms with E-state index in [2.05, 4.69) is 20.9 Å². The minimum absolute atomic E-state index is 0.191. The molecule has 2 aliphatic heterocycles. The molecule has 2 aromatic carbocycles. The summed E-state index contributed by atoms with van der Waals surface area (Å²) in [5.41, 5.74) is 1.71. The van der Waals surface area contributed by atoms with E-state index in [0.29, 0.717) is 54.8 Å². The number of rotatable bonds is 9. The van der Waals surface area contributed by atoms with Crippen molar-refractivity contribution in [3.05, 3.63) is 59.0 Å². The number of piperidine rings is 1. The Hall–Kier alpha value is -4.43. The lowest BCUT2D eigenvalue weighted by molar-refractivity contribution is -0.134. The molecule has 5 rings (SSSR count). The van der Waals surface area contributed by atoms with Crippen molar-refractivity contribution in [2.45, 2.75) is 18.8 Å². The van der Waals surface area contributed by atoms with Gasteiger partial charge in [-0.15, -0.1) is 11.3 Å². The molecule has 1 unspecified atom stereocenters.